The summed E-state index contributed by atoms with van der Waals surface area (Å²) in [7, 11) is 1.53. The first-order valence-corrected chi connectivity index (χ1v) is 8.07. The molecule has 0 aliphatic carbocycles. The fourth-order valence-electron chi connectivity index (χ4n) is 2.36. The molecule has 24 heavy (non-hydrogen) atoms. The van der Waals surface area contributed by atoms with Gasteiger partial charge < -0.3 is 25.3 Å². The van der Waals surface area contributed by atoms with Crippen molar-refractivity contribution in [3.63, 3.8) is 0 Å². The van der Waals surface area contributed by atoms with E-state index in [-0.39, 0.29) is 43.5 Å². The van der Waals surface area contributed by atoms with Gasteiger partial charge >= 0.3 is 0 Å². The van der Waals surface area contributed by atoms with Crippen molar-refractivity contribution in [3.05, 3.63) is 23.2 Å². The van der Waals surface area contributed by atoms with Crippen LogP contribution in [-0.2, 0) is 14.3 Å². The first-order chi connectivity index (χ1) is 11.1. The minimum Gasteiger partial charge on any atom is -0.489 e. The fourth-order valence-corrected chi connectivity index (χ4v) is 2.53. The van der Waals surface area contributed by atoms with Crippen molar-refractivity contribution in [3.8, 4) is 5.75 Å². The Bertz CT molecular complexity index is 521. The lowest BCUT2D eigenvalue weighted by Gasteiger charge is -2.17. The Balaban J connectivity index is 0.00000288. The molecular weight excluding hydrogens is 355 g/mol. The Hall–Kier alpha value is -1.05. The van der Waals surface area contributed by atoms with Gasteiger partial charge in [-0.2, -0.15) is 0 Å². The van der Waals surface area contributed by atoms with Crippen LogP contribution in [0.2, 0.25) is 5.02 Å². The summed E-state index contributed by atoms with van der Waals surface area (Å²) in [6.45, 7) is 1.51. The number of rotatable bonds is 8. The van der Waals surface area contributed by atoms with Gasteiger partial charge in [0.1, 0.15) is 12.4 Å². The van der Waals surface area contributed by atoms with E-state index in [1.165, 1.54) is 7.11 Å². The maximum Gasteiger partial charge on any atom is 0.227 e. The number of amides is 1. The molecule has 0 bridgehead atoms. The summed E-state index contributed by atoms with van der Waals surface area (Å²) in [5.74, 6) is 0.367. The second-order valence-electron chi connectivity index (χ2n) is 5.43. The van der Waals surface area contributed by atoms with E-state index in [1.54, 1.807) is 18.2 Å². The van der Waals surface area contributed by atoms with E-state index in [9.17, 15) is 4.79 Å². The van der Waals surface area contributed by atoms with Crippen LogP contribution in [0.3, 0.4) is 0 Å². The van der Waals surface area contributed by atoms with Gasteiger partial charge in [-0.25, -0.2) is 0 Å². The molecule has 1 aliphatic rings. The molecule has 3 N–H and O–H groups in total. The normalized spacial score (nSPS) is 17.9. The van der Waals surface area contributed by atoms with Crippen molar-refractivity contribution in [2.75, 3.05) is 32.2 Å². The quantitative estimate of drug-likeness (QED) is 0.726. The van der Waals surface area contributed by atoms with E-state index in [1.807, 2.05) is 0 Å². The first-order valence-electron chi connectivity index (χ1n) is 7.69. The third-order valence-corrected chi connectivity index (χ3v) is 3.91. The zero-order valence-electron chi connectivity index (χ0n) is 13.6. The second kappa shape index (κ2) is 10.7. The van der Waals surface area contributed by atoms with Gasteiger partial charge in [-0.3, -0.25) is 4.79 Å². The molecule has 1 aromatic rings. The molecule has 2 rings (SSSR count). The van der Waals surface area contributed by atoms with Crippen molar-refractivity contribution >= 4 is 35.6 Å². The van der Waals surface area contributed by atoms with Gasteiger partial charge in [0.25, 0.3) is 0 Å². The molecule has 1 aromatic carbocycles. The van der Waals surface area contributed by atoms with Crippen LogP contribution in [-0.4, -0.2) is 45.0 Å². The van der Waals surface area contributed by atoms with Crippen LogP contribution in [0.1, 0.15) is 19.3 Å². The summed E-state index contributed by atoms with van der Waals surface area (Å²) >= 11 is 6.01. The maximum atomic E-state index is 12.1. The predicted octanol–water partition coefficient (Wildman–Crippen LogP) is 2.62. The number of halogens is 2. The standard InChI is InChI=1S/C16H23ClN2O4.ClH/c1-21-13(9-18)8-16(20)19-14-7-11(17)4-5-15(14)23-10-12-3-2-6-22-12;/h4-5,7,12-13H,2-3,6,8-10,18H2,1H3,(H,19,20);1H. The van der Waals surface area contributed by atoms with Crippen molar-refractivity contribution in [1.82, 2.24) is 0 Å². The molecule has 6 nitrogen and oxygen atoms in total. The van der Waals surface area contributed by atoms with E-state index in [2.05, 4.69) is 5.32 Å². The number of methoxy groups -OCH3 is 1. The largest absolute Gasteiger partial charge is 0.489 e. The minimum absolute atomic E-state index is 0. The molecule has 8 heteroatoms. The highest BCUT2D eigenvalue weighted by atomic mass is 35.5. The molecule has 1 amide bonds. The third-order valence-electron chi connectivity index (χ3n) is 3.67. The average Bonchev–Trinajstić information content (AvgIpc) is 3.05. The van der Waals surface area contributed by atoms with Gasteiger partial charge in [-0.1, -0.05) is 11.6 Å². The lowest BCUT2D eigenvalue weighted by Crippen LogP contribution is -2.28. The fraction of sp³-hybridized carbons (Fsp3) is 0.562. The number of anilines is 1. The van der Waals surface area contributed by atoms with Crippen LogP contribution in [0.15, 0.2) is 18.2 Å². The number of nitrogens with two attached hydrogens (primary N) is 1. The number of hydrogen-bond acceptors (Lipinski definition) is 5. The summed E-state index contributed by atoms with van der Waals surface area (Å²) in [6.07, 6.45) is 2.00. The van der Waals surface area contributed by atoms with E-state index in [0.29, 0.717) is 23.1 Å². The average molecular weight is 379 g/mol. The van der Waals surface area contributed by atoms with Gasteiger partial charge in [-0.15, -0.1) is 12.4 Å². The molecule has 1 fully saturated rings. The summed E-state index contributed by atoms with van der Waals surface area (Å²) in [6, 6.07) is 5.12. The van der Waals surface area contributed by atoms with Crippen molar-refractivity contribution in [2.45, 2.75) is 31.5 Å². The zero-order valence-corrected chi connectivity index (χ0v) is 15.2. The van der Waals surface area contributed by atoms with E-state index in [0.717, 1.165) is 19.4 Å². The number of carbonyl (C=O) groups excluding carboxylic acids is 1. The summed E-state index contributed by atoms with van der Waals surface area (Å²) in [5, 5.41) is 3.32. The molecule has 1 heterocycles. The molecule has 1 aliphatic heterocycles. The topological polar surface area (TPSA) is 82.8 Å². The molecule has 0 saturated carbocycles. The highest BCUT2D eigenvalue weighted by Gasteiger charge is 2.18. The maximum absolute atomic E-state index is 12.1. The van der Waals surface area contributed by atoms with E-state index in [4.69, 9.17) is 31.5 Å². The number of ether oxygens (including phenoxy) is 3. The van der Waals surface area contributed by atoms with Crippen molar-refractivity contribution < 1.29 is 19.0 Å². The van der Waals surface area contributed by atoms with Crippen LogP contribution in [0, 0.1) is 0 Å². The van der Waals surface area contributed by atoms with Crippen LogP contribution in [0.4, 0.5) is 5.69 Å². The molecular formula is C16H24Cl2N2O4. The molecule has 0 aromatic heterocycles. The highest BCUT2D eigenvalue weighted by Crippen LogP contribution is 2.29. The van der Waals surface area contributed by atoms with Gasteiger partial charge in [0.15, 0.2) is 0 Å². The Labute approximate surface area is 153 Å². The second-order valence-corrected chi connectivity index (χ2v) is 5.87. The number of hydrogen-bond donors (Lipinski definition) is 2. The van der Waals surface area contributed by atoms with Gasteiger partial charge in [-0.05, 0) is 31.0 Å². The Morgan fingerprint density at radius 1 is 1.54 bits per heavy atom. The number of benzene rings is 1. The van der Waals surface area contributed by atoms with Gasteiger partial charge in [0, 0.05) is 25.3 Å². The van der Waals surface area contributed by atoms with Crippen molar-refractivity contribution in [2.24, 2.45) is 5.73 Å². The lowest BCUT2D eigenvalue weighted by molar-refractivity contribution is -0.118. The van der Waals surface area contributed by atoms with Gasteiger partial charge in [0.2, 0.25) is 5.91 Å². The Morgan fingerprint density at radius 2 is 2.33 bits per heavy atom. The van der Waals surface area contributed by atoms with E-state index >= 15 is 0 Å². The molecule has 2 atom stereocenters. The third kappa shape index (κ3) is 6.45. The summed E-state index contributed by atoms with van der Waals surface area (Å²) in [5.41, 5.74) is 6.07. The molecule has 0 radical (unpaired) electrons. The minimum atomic E-state index is -0.314. The summed E-state index contributed by atoms with van der Waals surface area (Å²) in [4.78, 5) is 12.1. The summed E-state index contributed by atoms with van der Waals surface area (Å²) < 4.78 is 16.4. The Morgan fingerprint density at radius 3 is 2.96 bits per heavy atom. The van der Waals surface area contributed by atoms with Crippen LogP contribution < -0.4 is 15.8 Å². The smallest absolute Gasteiger partial charge is 0.227 e. The molecule has 136 valence electrons. The molecule has 2 unspecified atom stereocenters. The number of carbonyl (C=O) groups is 1. The molecule has 0 spiro atoms. The first kappa shape index (κ1) is 21.0. The monoisotopic (exact) mass is 378 g/mol. The lowest BCUT2D eigenvalue weighted by atomic mass is 10.2. The zero-order chi connectivity index (χ0) is 16.7. The highest BCUT2D eigenvalue weighted by molar-refractivity contribution is 6.31. The van der Waals surface area contributed by atoms with Crippen LogP contribution >= 0.6 is 24.0 Å². The van der Waals surface area contributed by atoms with E-state index < -0.39 is 0 Å². The van der Waals surface area contributed by atoms with Gasteiger partial charge in [0.05, 0.1) is 24.3 Å². The molecule has 1 saturated heterocycles. The van der Waals surface area contributed by atoms with Crippen LogP contribution in [0.25, 0.3) is 0 Å². The predicted molar refractivity (Wildman–Crippen MR) is 96.3 cm³/mol. The van der Waals surface area contributed by atoms with Crippen LogP contribution in [0.5, 0.6) is 5.75 Å². The Kier molecular flexibility index (Phi) is 9.39. The number of nitrogens with one attached hydrogen (secondary N) is 1. The van der Waals surface area contributed by atoms with Crippen molar-refractivity contribution in [1.29, 1.82) is 0 Å². The SMILES string of the molecule is COC(CN)CC(=O)Nc1cc(Cl)ccc1OCC1CCCO1.Cl.